The van der Waals surface area contributed by atoms with Crippen molar-refractivity contribution in [1.29, 1.82) is 0 Å². The highest BCUT2D eigenvalue weighted by Gasteiger charge is 2.14. The second-order valence-corrected chi connectivity index (χ2v) is 5.64. The first-order valence-electron chi connectivity index (χ1n) is 6.15. The summed E-state index contributed by atoms with van der Waals surface area (Å²) in [4.78, 5) is 11.7. The van der Waals surface area contributed by atoms with E-state index in [0.29, 0.717) is 11.0 Å². The first-order valence-corrected chi connectivity index (χ1v) is 7.20. The maximum atomic E-state index is 11.7. The fraction of sp³-hybridized carbons (Fsp3) is 0.462. The Hall–Kier alpha value is -1.20. The van der Waals surface area contributed by atoms with Crippen LogP contribution in [0.2, 0.25) is 0 Å². The fourth-order valence-electron chi connectivity index (χ4n) is 1.90. The predicted molar refractivity (Wildman–Crippen MR) is 75.1 cm³/mol. The van der Waals surface area contributed by atoms with Crippen molar-refractivity contribution in [3.8, 4) is 5.75 Å². The second-order valence-electron chi connectivity index (χ2n) is 4.36. The fourth-order valence-corrected chi connectivity index (χ4v) is 2.93. The van der Waals surface area contributed by atoms with Crippen LogP contribution < -0.4 is 10.6 Å². The van der Waals surface area contributed by atoms with Crippen molar-refractivity contribution in [3.05, 3.63) is 24.3 Å². The highest BCUT2D eigenvalue weighted by Crippen LogP contribution is 2.20. The van der Waals surface area contributed by atoms with Gasteiger partial charge in [-0.1, -0.05) is 0 Å². The molecule has 0 aliphatic carbocycles. The zero-order valence-electron chi connectivity index (χ0n) is 10.2. The summed E-state index contributed by atoms with van der Waals surface area (Å²) in [7, 11) is 0. The summed E-state index contributed by atoms with van der Waals surface area (Å²) in [5, 5.41) is 15.9. The Morgan fingerprint density at radius 3 is 2.67 bits per heavy atom. The molecule has 3 N–H and O–H groups in total. The molecule has 0 spiro atoms. The molecule has 4 nitrogen and oxygen atoms in total. The van der Waals surface area contributed by atoms with Crippen LogP contribution in [0.15, 0.2) is 24.3 Å². The lowest BCUT2D eigenvalue weighted by Gasteiger charge is -2.21. The number of benzene rings is 1. The van der Waals surface area contributed by atoms with Crippen molar-refractivity contribution >= 4 is 23.4 Å². The number of rotatable bonds is 4. The Morgan fingerprint density at radius 2 is 2.00 bits per heavy atom. The SMILES string of the molecule is O=C(CSC1CCNCC1)Nc1ccc(O)cc1. The Kier molecular flexibility index (Phi) is 4.90. The number of hydrogen-bond acceptors (Lipinski definition) is 4. The first-order chi connectivity index (χ1) is 8.74. The van der Waals surface area contributed by atoms with Crippen LogP contribution in [0.1, 0.15) is 12.8 Å². The molecular weight excluding hydrogens is 248 g/mol. The summed E-state index contributed by atoms with van der Waals surface area (Å²) in [5.41, 5.74) is 0.726. The van der Waals surface area contributed by atoms with Crippen LogP contribution in [-0.2, 0) is 4.79 Å². The number of carbonyl (C=O) groups is 1. The second kappa shape index (κ2) is 6.66. The van der Waals surface area contributed by atoms with E-state index in [1.165, 1.54) is 0 Å². The molecule has 0 unspecified atom stereocenters. The topological polar surface area (TPSA) is 61.4 Å². The highest BCUT2D eigenvalue weighted by atomic mass is 32.2. The molecule has 1 aliphatic rings. The van der Waals surface area contributed by atoms with Gasteiger partial charge < -0.3 is 15.7 Å². The van der Waals surface area contributed by atoms with E-state index >= 15 is 0 Å². The van der Waals surface area contributed by atoms with Gasteiger partial charge in [0.15, 0.2) is 0 Å². The largest absolute Gasteiger partial charge is 0.508 e. The standard InChI is InChI=1S/C13H18N2O2S/c16-11-3-1-10(2-4-11)15-13(17)9-18-12-5-7-14-8-6-12/h1-4,12,14,16H,5-9H2,(H,15,17). The summed E-state index contributed by atoms with van der Waals surface area (Å²) in [6.07, 6.45) is 2.27. The lowest BCUT2D eigenvalue weighted by Crippen LogP contribution is -2.30. The lowest BCUT2D eigenvalue weighted by molar-refractivity contribution is -0.113. The van der Waals surface area contributed by atoms with E-state index in [2.05, 4.69) is 10.6 Å². The summed E-state index contributed by atoms with van der Waals surface area (Å²) in [6.45, 7) is 2.11. The smallest absolute Gasteiger partial charge is 0.234 e. The molecule has 5 heteroatoms. The Balaban J connectivity index is 1.73. The maximum Gasteiger partial charge on any atom is 0.234 e. The van der Waals surface area contributed by atoms with Crippen molar-refractivity contribution in [1.82, 2.24) is 5.32 Å². The van der Waals surface area contributed by atoms with Crippen molar-refractivity contribution in [2.24, 2.45) is 0 Å². The minimum absolute atomic E-state index is 0.0178. The van der Waals surface area contributed by atoms with Gasteiger partial charge in [-0.3, -0.25) is 4.79 Å². The van der Waals surface area contributed by atoms with Crippen LogP contribution in [-0.4, -0.2) is 35.1 Å². The summed E-state index contributed by atoms with van der Waals surface area (Å²) in [6, 6.07) is 6.52. The molecule has 1 aromatic carbocycles. The number of piperidine rings is 1. The van der Waals surface area contributed by atoms with Crippen molar-refractivity contribution < 1.29 is 9.90 Å². The molecule has 0 bridgehead atoms. The summed E-state index contributed by atoms with van der Waals surface area (Å²) < 4.78 is 0. The number of aromatic hydroxyl groups is 1. The van der Waals surface area contributed by atoms with Gasteiger partial charge in [-0.25, -0.2) is 0 Å². The number of anilines is 1. The molecule has 0 saturated carbocycles. The highest BCUT2D eigenvalue weighted by molar-refractivity contribution is 8.00. The number of nitrogens with one attached hydrogen (secondary N) is 2. The predicted octanol–water partition coefficient (Wildman–Crippen LogP) is 1.82. The molecule has 0 radical (unpaired) electrons. The normalized spacial score (nSPS) is 16.4. The Labute approximate surface area is 111 Å². The number of amides is 1. The van der Waals surface area contributed by atoms with E-state index in [9.17, 15) is 4.79 Å². The van der Waals surface area contributed by atoms with Gasteiger partial charge in [0, 0.05) is 10.9 Å². The molecule has 1 heterocycles. The number of hydrogen-bond donors (Lipinski definition) is 3. The lowest BCUT2D eigenvalue weighted by atomic mass is 10.2. The molecule has 18 heavy (non-hydrogen) atoms. The van der Waals surface area contributed by atoms with E-state index in [-0.39, 0.29) is 11.7 Å². The number of phenols is 1. The molecular formula is C13H18N2O2S. The molecule has 98 valence electrons. The van der Waals surface area contributed by atoms with Crippen LogP contribution in [0.25, 0.3) is 0 Å². The zero-order valence-corrected chi connectivity index (χ0v) is 11.0. The zero-order chi connectivity index (χ0) is 12.8. The van der Waals surface area contributed by atoms with Gasteiger partial charge >= 0.3 is 0 Å². The summed E-state index contributed by atoms with van der Waals surface area (Å²) >= 11 is 1.73. The van der Waals surface area contributed by atoms with Crippen molar-refractivity contribution in [2.45, 2.75) is 18.1 Å². The first kappa shape index (κ1) is 13.2. The van der Waals surface area contributed by atoms with Crippen LogP contribution in [0.5, 0.6) is 5.75 Å². The quantitative estimate of drug-likeness (QED) is 0.727. The maximum absolute atomic E-state index is 11.7. The van der Waals surface area contributed by atoms with E-state index < -0.39 is 0 Å². The van der Waals surface area contributed by atoms with Gasteiger partial charge in [-0.05, 0) is 50.2 Å². The molecule has 2 rings (SSSR count). The number of carbonyl (C=O) groups excluding carboxylic acids is 1. The van der Waals surface area contributed by atoms with Gasteiger partial charge in [0.2, 0.25) is 5.91 Å². The van der Waals surface area contributed by atoms with Crippen molar-refractivity contribution in [2.75, 3.05) is 24.2 Å². The number of phenolic OH excluding ortho intramolecular Hbond substituents is 1. The number of thioether (sulfide) groups is 1. The molecule has 1 saturated heterocycles. The molecule has 0 atom stereocenters. The van der Waals surface area contributed by atoms with Crippen LogP contribution in [0.3, 0.4) is 0 Å². The molecule has 1 aliphatic heterocycles. The Morgan fingerprint density at radius 1 is 1.33 bits per heavy atom. The van der Waals surface area contributed by atoms with E-state index in [1.54, 1.807) is 36.0 Å². The van der Waals surface area contributed by atoms with Gasteiger partial charge in [-0.15, -0.1) is 11.8 Å². The molecule has 1 fully saturated rings. The Bertz CT molecular complexity index is 388. The average molecular weight is 266 g/mol. The van der Waals surface area contributed by atoms with E-state index in [1.807, 2.05) is 0 Å². The third kappa shape index (κ3) is 4.23. The van der Waals surface area contributed by atoms with Crippen molar-refractivity contribution in [3.63, 3.8) is 0 Å². The molecule has 1 amide bonds. The van der Waals surface area contributed by atoms with E-state index in [0.717, 1.165) is 31.6 Å². The monoisotopic (exact) mass is 266 g/mol. The molecule has 1 aromatic rings. The minimum Gasteiger partial charge on any atom is -0.508 e. The average Bonchev–Trinajstić information content (AvgIpc) is 2.40. The van der Waals surface area contributed by atoms with Crippen LogP contribution in [0.4, 0.5) is 5.69 Å². The van der Waals surface area contributed by atoms with Gasteiger partial charge in [0.25, 0.3) is 0 Å². The summed E-state index contributed by atoms with van der Waals surface area (Å²) in [5.74, 6) is 0.715. The molecule has 0 aromatic heterocycles. The third-order valence-electron chi connectivity index (χ3n) is 2.89. The van der Waals surface area contributed by atoms with Crippen LogP contribution >= 0.6 is 11.8 Å². The van der Waals surface area contributed by atoms with Gasteiger partial charge in [-0.2, -0.15) is 0 Å². The third-order valence-corrected chi connectivity index (χ3v) is 4.26. The minimum atomic E-state index is 0.0178. The van der Waals surface area contributed by atoms with Gasteiger partial charge in [0.05, 0.1) is 5.75 Å². The van der Waals surface area contributed by atoms with Crippen LogP contribution in [0, 0.1) is 0 Å². The van der Waals surface area contributed by atoms with E-state index in [4.69, 9.17) is 5.11 Å². The van der Waals surface area contributed by atoms with Gasteiger partial charge in [0.1, 0.15) is 5.75 Å².